The van der Waals surface area contributed by atoms with E-state index < -0.39 is 0 Å². The molecule has 2 atom stereocenters. The Morgan fingerprint density at radius 2 is 1.56 bits per heavy atom. The van der Waals surface area contributed by atoms with Crippen LogP contribution < -0.4 is 19.1 Å². The molecular weight excluding hydrogens is 364 g/mol. The lowest BCUT2D eigenvalue weighted by molar-refractivity contribution is 0.159. The maximum Gasteiger partial charge on any atom is 0.203 e. The minimum Gasteiger partial charge on any atom is -0.493 e. The zero-order valence-electron chi connectivity index (χ0n) is 17.4. The van der Waals surface area contributed by atoms with Gasteiger partial charge in [-0.2, -0.15) is 0 Å². The Kier molecular flexibility index (Phi) is 7.92. The highest BCUT2D eigenvalue weighted by Crippen LogP contribution is 2.43. The molecule has 2 unspecified atom stereocenters. The van der Waals surface area contributed by atoms with Gasteiger partial charge in [0.25, 0.3) is 0 Å². The van der Waals surface area contributed by atoms with E-state index in [1.807, 2.05) is 0 Å². The second-order valence-corrected chi connectivity index (χ2v) is 7.61. The number of halogens is 1. The van der Waals surface area contributed by atoms with Crippen molar-refractivity contribution in [3.63, 3.8) is 0 Å². The van der Waals surface area contributed by atoms with Gasteiger partial charge in [0.15, 0.2) is 11.5 Å². The molecule has 154 valence electrons. The molecule has 5 nitrogen and oxygen atoms in total. The van der Waals surface area contributed by atoms with Crippen LogP contribution in [0.3, 0.4) is 0 Å². The second kappa shape index (κ2) is 9.74. The van der Waals surface area contributed by atoms with Crippen LogP contribution in [0.5, 0.6) is 17.2 Å². The third-order valence-electron chi connectivity index (χ3n) is 6.25. The summed E-state index contributed by atoms with van der Waals surface area (Å²) in [6.45, 7) is 3.33. The maximum absolute atomic E-state index is 5.59. The van der Waals surface area contributed by atoms with Gasteiger partial charge in [-0.3, -0.25) is 0 Å². The summed E-state index contributed by atoms with van der Waals surface area (Å²) in [5.74, 6) is 2.14. The number of hydrogen-bond acceptors (Lipinski definition) is 5. The largest absolute Gasteiger partial charge is 0.493 e. The lowest BCUT2D eigenvalue weighted by Crippen LogP contribution is -2.49. The van der Waals surface area contributed by atoms with E-state index in [9.17, 15) is 0 Å². The fourth-order valence-electron chi connectivity index (χ4n) is 4.72. The van der Waals surface area contributed by atoms with Gasteiger partial charge in [0, 0.05) is 42.5 Å². The van der Waals surface area contributed by atoms with E-state index in [1.54, 1.807) is 21.3 Å². The van der Waals surface area contributed by atoms with Crippen LogP contribution in [0.2, 0.25) is 0 Å². The molecule has 3 rings (SSSR count). The first-order valence-corrected chi connectivity index (χ1v) is 9.91. The molecule has 2 saturated heterocycles. The maximum atomic E-state index is 5.59. The Morgan fingerprint density at radius 3 is 2.00 bits per heavy atom. The van der Waals surface area contributed by atoms with Gasteiger partial charge in [-0.1, -0.05) is 13.3 Å². The summed E-state index contributed by atoms with van der Waals surface area (Å²) in [5, 5.41) is 0. The molecule has 1 aromatic carbocycles. The molecule has 27 heavy (non-hydrogen) atoms. The standard InChI is InChI=1S/C21H34N2O3.ClH/c1-6-7-10-23(17-11-15-8-9-16(12-17)22(15)2)18-13-19(24-3)21(26-5)20(14-18)25-4;/h13-17H,6-12H2,1-5H3;1H. The predicted octanol–water partition coefficient (Wildman–Crippen LogP) is 4.37. The van der Waals surface area contributed by atoms with E-state index >= 15 is 0 Å². The number of rotatable bonds is 8. The van der Waals surface area contributed by atoms with Crippen molar-refractivity contribution in [2.45, 2.75) is 63.6 Å². The number of piperidine rings is 1. The van der Waals surface area contributed by atoms with Gasteiger partial charge >= 0.3 is 0 Å². The number of nitrogens with zero attached hydrogens (tertiary/aromatic N) is 2. The third kappa shape index (κ3) is 4.40. The molecule has 0 amide bonds. The predicted molar refractivity (Wildman–Crippen MR) is 113 cm³/mol. The first-order chi connectivity index (χ1) is 12.6. The molecular formula is C21H35ClN2O3. The van der Waals surface area contributed by atoms with Crippen molar-refractivity contribution in [1.29, 1.82) is 0 Å². The zero-order chi connectivity index (χ0) is 18.7. The van der Waals surface area contributed by atoms with Crippen molar-refractivity contribution >= 4 is 18.1 Å². The Hall–Kier alpha value is -1.33. The van der Waals surface area contributed by atoms with Crippen LogP contribution in [-0.2, 0) is 0 Å². The highest BCUT2D eigenvalue weighted by atomic mass is 35.5. The molecule has 0 saturated carbocycles. The van der Waals surface area contributed by atoms with E-state index in [-0.39, 0.29) is 12.4 Å². The quantitative estimate of drug-likeness (QED) is 0.649. The Balaban J connectivity index is 0.00000261. The fourth-order valence-corrected chi connectivity index (χ4v) is 4.72. The monoisotopic (exact) mass is 398 g/mol. The van der Waals surface area contributed by atoms with E-state index in [1.165, 1.54) is 44.2 Å². The summed E-state index contributed by atoms with van der Waals surface area (Å²) in [6, 6.07) is 6.25. The molecule has 0 radical (unpaired) electrons. The average Bonchev–Trinajstić information content (AvgIpc) is 2.87. The van der Waals surface area contributed by atoms with Crippen molar-refractivity contribution < 1.29 is 14.2 Å². The first-order valence-electron chi connectivity index (χ1n) is 9.91. The molecule has 2 heterocycles. The minimum atomic E-state index is 0. The first kappa shape index (κ1) is 22.0. The Labute approximate surface area is 170 Å². The average molecular weight is 399 g/mol. The van der Waals surface area contributed by atoms with Gasteiger partial charge in [-0.25, -0.2) is 0 Å². The number of hydrogen-bond donors (Lipinski definition) is 0. The lowest BCUT2D eigenvalue weighted by Gasteiger charge is -2.43. The Morgan fingerprint density at radius 1 is 1.00 bits per heavy atom. The summed E-state index contributed by atoms with van der Waals surface area (Å²) in [7, 11) is 7.33. The highest BCUT2D eigenvalue weighted by Gasteiger charge is 2.40. The van der Waals surface area contributed by atoms with E-state index in [2.05, 4.69) is 35.9 Å². The van der Waals surface area contributed by atoms with Gasteiger partial charge in [-0.15, -0.1) is 12.4 Å². The molecule has 6 heteroatoms. The lowest BCUT2D eigenvalue weighted by atomic mass is 9.95. The van der Waals surface area contributed by atoms with Crippen molar-refractivity contribution in [3.05, 3.63) is 12.1 Å². The molecule has 0 spiro atoms. The number of benzene rings is 1. The molecule has 2 fully saturated rings. The van der Waals surface area contributed by atoms with E-state index in [0.29, 0.717) is 11.8 Å². The van der Waals surface area contributed by atoms with Gasteiger partial charge in [0.05, 0.1) is 21.3 Å². The third-order valence-corrected chi connectivity index (χ3v) is 6.25. The highest BCUT2D eigenvalue weighted by molar-refractivity contribution is 5.85. The second-order valence-electron chi connectivity index (χ2n) is 7.61. The molecule has 2 bridgehead atoms. The van der Waals surface area contributed by atoms with Crippen LogP contribution in [0, 0.1) is 0 Å². The van der Waals surface area contributed by atoms with Gasteiger partial charge < -0.3 is 24.0 Å². The summed E-state index contributed by atoms with van der Waals surface area (Å²) < 4.78 is 16.7. The van der Waals surface area contributed by atoms with Gasteiger partial charge in [0.1, 0.15) is 0 Å². The van der Waals surface area contributed by atoms with Crippen molar-refractivity contribution in [3.8, 4) is 17.2 Å². The van der Waals surface area contributed by atoms with Crippen molar-refractivity contribution in [2.24, 2.45) is 0 Å². The fraction of sp³-hybridized carbons (Fsp3) is 0.714. The van der Waals surface area contributed by atoms with E-state index in [4.69, 9.17) is 14.2 Å². The number of methoxy groups -OCH3 is 3. The number of ether oxygens (including phenoxy) is 3. The van der Waals surface area contributed by atoms with E-state index in [0.717, 1.165) is 30.1 Å². The minimum absolute atomic E-state index is 0. The number of fused-ring (bicyclic) bond motifs is 2. The van der Waals surface area contributed by atoms with Crippen LogP contribution in [0.25, 0.3) is 0 Å². The van der Waals surface area contributed by atoms with Crippen molar-refractivity contribution in [1.82, 2.24) is 4.90 Å². The normalized spacial score (nSPS) is 24.3. The molecule has 2 aliphatic rings. The van der Waals surface area contributed by atoms with Crippen molar-refractivity contribution in [2.75, 3.05) is 39.8 Å². The topological polar surface area (TPSA) is 34.2 Å². The number of unbranched alkanes of at least 4 members (excludes halogenated alkanes) is 1. The smallest absolute Gasteiger partial charge is 0.203 e. The Bertz CT molecular complexity index is 574. The van der Waals surface area contributed by atoms with Crippen LogP contribution in [0.15, 0.2) is 12.1 Å². The molecule has 0 aromatic heterocycles. The van der Waals surface area contributed by atoms with Crippen LogP contribution in [0.4, 0.5) is 5.69 Å². The zero-order valence-corrected chi connectivity index (χ0v) is 18.2. The SMILES string of the molecule is CCCCN(c1cc(OC)c(OC)c(OC)c1)C1CC2CCC(C1)N2C.Cl. The summed E-state index contributed by atoms with van der Waals surface area (Å²) in [4.78, 5) is 5.19. The molecule has 2 aliphatic heterocycles. The van der Waals surface area contributed by atoms with Crippen LogP contribution in [0.1, 0.15) is 45.4 Å². The summed E-state index contributed by atoms with van der Waals surface area (Å²) >= 11 is 0. The molecule has 0 aliphatic carbocycles. The van der Waals surface area contributed by atoms with Crippen LogP contribution >= 0.6 is 12.4 Å². The molecule has 0 N–H and O–H groups in total. The molecule has 1 aromatic rings. The van der Waals surface area contributed by atoms with Crippen LogP contribution in [-0.4, -0.2) is 57.9 Å². The van der Waals surface area contributed by atoms with Gasteiger partial charge in [0.2, 0.25) is 5.75 Å². The summed E-state index contributed by atoms with van der Waals surface area (Å²) in [6.07, 6.45) is 7.56. The van der Waals surface area contributed by atoms with Gasteiger partial charge in [-0.05, 0) is 39.2 Å². The summed E-state index contributed by atoms with van der Waals surface area (Å²) in [5.41, 5.74) is 1.18. The number of anilines is 1.